The molecule has 2 fully saturated rings. The van der Waals surface area contributed by atoms with Crippen molar-refractivity contribution in [3.8, 4) is 5.75 Å². The lowest BCUT2D eigenvalue weighted by Gasteiger charge is -2.18. The molecule has 2 aromatic rings. The summed E-state index contributed by atoms with van der Waals surface area (Å²) >= 11 is 0. The van der Waals surface area contributed by atoms with Crippen LogP contribution in [0.5, 0.6) is 5.75 Å². The van der Waals surface area contributed by atoms with Gasteiger partial charge in [-0.1, -0.05) is 0 Å². The normalized spacial score (nSPS) is 19.0. The number of esters is 1. The Balaban J connectivity index is 1.44. The molecule has 2 aliphatic rings. The summed E-state index contributed by atoms with van der Waals surface area (Å²) in [5, 5.41) is 0. The summed E-state index contributed by atoms with van der Waals surface area (Å²) in [5.41, 5.74) is 1.62. The predicted molar refractivity (Wildman–Crippen MR) is 105 cm³/mol. The van der Waals surface area contributed by atoms with E-state index in [0.29, 0.717) is 16.9 Å². The zero-order valence-electron chi connectivity index (χ0n) is 16.3. The highest BCUT2D eigenvalue weighted by Gasteiger charge is 2.36. The SMILES string of the molecule is Cc1cc(OC(=O)C2CC(=O)N(c3ccc(F)cc3)C2)ccc1N1C(=O)CCC1=O. The lowest BCUT2D eigenvalue weighted by atomic mass is 10.1. The first-order chi connectivity index (χ1) is 14.3. The van der Waals surface area contributed by atoms with Crippen LogP contribution in [0.2, 0.25) is 0 Å². The van der Waals surface area contributed by atoms with Crippen LogP contribution in [0.4, 0.5) is 15.8 Å². The van der Waals surface area contributed by atoms with Crippen molar-refractivity contribution in [3.63, 3.8) is 0 Å². The number of amides is 3. The maximum Gasteiger partial charge on any atom is 0.316 e. The van der Waals surface area contributed by atoms with Crippen molar-refractivity contribution in [2.24, 2.45) is 5.92 Å². The maximum absolute atomic E-state index is 13.1. The number of halogens is 1. The molecule has 0 aliphatic carbocycles. The highest BCUT2D eigenvalue weighted by atomic mass is 19.1. The minimum Gasteiger partial charge on any atom is -0.426 e. The Kier molecular flexibility index (Phi) is 5.07. The van der Waals surface area contributed by atoms with Crippen molar-refractivity contribution < 1.29 is 28.3 Å². The van der Waals surface area contributed by atoms with Crippen molar-refractivity contribution in [1.82, 2.24) is 0 Å². The maximum atomic E-state index is 13.1. The topological polar surface area (TPSA) is 84.0 Å². The molecule has 2 aliphatic heterocycles. The molecule has 0 saturated carbocycles. The van der Waals surface area contributed by atoms with E-state index in [9.17, 15) is 23.6 Å². The second kappa shape index (κ2) is 7.70. The van der Waals surface area contributed by atoms with Crippen LogP contribution in [0.25, 0.3) is 0 Å². The van der Waals surface area contributed by atoms with Gasteiger partial charge in [-0.15, -0.1) is 0 Å². The first kappa shape index (κ1) is 19.8. The van der Waals surface area contributed by atoms with Gasteiger partial charge in [-0.05, 0) is 55.0 Å². The average molecular weight is 410 g/mol. The Morgan fingerprint density at radius 1 is 1.00 bits per heavy atom. The van der Waals surface area contributed by atoms with E-state index in [0.717, 1.165) is 4.90 Å². The Bertz CT molecular complexity index is 1030. The zero-order chi connectivity index (χ0) is 21.4. The number of hydrogen-bond acceptors (Lipinski definition) is 5. The first-order valence-electron chi connectivity index (χ1n) is 9.57. The van der Waals surface area contributed by atoms with Gasteiger partial charge >= 0.3 is 5.97 Å². The van der Waals surface area contributed by atoms with E-state index >= 15 is 0 Å². The molecule has 0 N–H and O–H groups in total. The number of hydrogen-bond donors (Lipinski definition) is 0. The third-order valence-electron chi connectivity index (χ3n) is 5.28. The second-order valence-corrected chi connectivity index (χ2v) is 7.37. The van der Waals surface area contributed by atoms with Crippen LogP contribution in [0, 0.1) is 18.7 Å². The molecule has 2 aromatic carbocycles. The molecule has 0 spiro atoms. The fourth-order valence-electron chi connectivity index (χ4n) is 3.72. The number of imide groups is 1. The smallest absolute Gasteiger partial charge is 0.316 e. The summed E-state index contributed by atoms with van der Waals surface area (Å²) in [6, 6.07) is 10.2. The summed E-state index contributed by atoms with van der Waals surface area (Å²) in [4.78, 5) is 51.3. The fraction of sp³-hybridized carbons (Fsp3) is 0.273. The molecule has 1 atom stereocenters. The fourth-order valence-corrected chi connectivity index (χ4v) is 3.72. The van der Waals surface area contributed by atoms with E-state index in [-0.39, 0.29) is 49.3 Å². The second-order valence-electron chi connectivity index (χ2n) is 7.37. The summed E-state index contributed by atoms with van der Waals surface area (Å²) in [5.74, 6) is -2.07. The highest BCUT2D eigenvalue weighted by Crippen LogP contribution is 2.30. The molecule has 30 heavy (non-hydrogen) atoms. The van der Waals surface area contributed by atoms with Crippen LogP contribution < -0.4 is 14.5 Å². The Morgan fingerprint density at radius 3 is 2.30 bits per heavy atom. The van der Waals surface area contributed by atoms with Gasteiger partial charge in [0.05, 0.1) is 11.6 Å². The van der Waals surface area contributed by atoms with E-state index in [1.165, 1.54) is 35.2 Å². The minimum absolute atomic E-state index is 0.00402. The van der Waals surface area contributed by atoms with E-state index in [4.69, 9.17) is 4.74 Å². The van der Waals surface area contributed by atoms with E-state index in [2.05, 4.69) is 0 Å². The molecule has 7 nitrogen and oxygen atoms in total. The number of carbonyl (C=O) groups excluding carboxylic acids is 4. The molecular formula is C22H19FN2O5. The summed E-state index contributed by atoms with van der Waals surface area (Å²) < 4.78 is 18.5. The predicted octanol–water partition coefficient (Wildman–Crippen LogP) is 2.75. The van der Waals surface area contributed by atoms with E-state index < -0.39 is 17.7 Å². The molecule has 0 aromatic heterocycles. The van der Waals surface area contributed by atoms with E-state index in [1.54, 1.807) is 19.1 Å². The molecule has 8 heteroatoms. The average Bonchev–Trinajstić information content (AvgIpc) is 3.25. The van der Waals surface area contributed by atoms with Gasteiger partial charge in [0.1, 0.15) is 11.6 Å². The van der Waals surface area contributed by atoms with Crippen LogP contribution in [0.3, 0.4) is 0 Å². The Labute approximate surface area is 172 Å². The highest BCUT2D eigenvalue weighted by molar-refractivity contribution is 6.20. The van der Waals surface area contributed by atoms with Crippen LogP contribution in [0.15, 0.2) is 42.5 Å². The van der Waals surface area contributed by atoms with Crippen molar-refractivity contribution in [2.45, 2.75) is 26.2 Å². The summed E-state index contributed by atoms with van der Waals surface area (Å²) in [6.07, 6.45) is 0.384. The Hall–Kier alpha value is -3.55. The molecule has 3 amide bonds. The van der Waals surface area contributed by atoms with Crippen molar-refractivity contribution in [2.75, 3.05) is 16.3 Å². The third-order valence-corrected chi connectivity index (χ3v) is 5.28. The third kappa shape index (κ3) is 3.68. The van der Waals surface area contributed by atoms with Crippen LogP contribution in [-0.4, -0.2) is 30.2 Å². The summed E-state index contributed by atoms with van der Waals surface area (Å²) in [6.45, 7) is 1.87. The van der Waals surface area contributed by atoms with Crippen LogP contribution in [0.1, 0.15) is 24.8 Å². The van der Waals surface area contributed by atoms with Gasteiger partial charge in [0.15, 0.2) is 0 Å². The molecule has 2 heterocycles. The number of rotatable bonds is 4. The standard InChI is InChI=1S/C22H19FN2O5/c1-13-10-17(6-7-18(13)25-19(26)8-9-20(25)27)30-22(29)14-11-21(28)24(12-14)16-4-2-15(23)3-5-16/h2-7,10,14H,8-9,11-12H2,1H3. The molecule has 0 bridgehead atoms. The number of carbonyl (C=O) groups is 4. The van der Waals surface area contributed by atoms with Crippen molar-refractivity contribution in [1.29, 1.82) is 0 Å². The van der Waals surface area contributed by atoms with Crippen molar-refractivity contribution in [3.05, 3.63) is 53.8 Å². The number of benzene rings is 2. The number of aryl methyl sites for hydroxylation is 1. The first-order valence-corrected chi connectivity index (χ1v) is 9.57. The lowest BCUT2D eigenvalue weighted by molar-refractivity contribution is -0.139. The largest absolute Gasteiger partial charge is 0.426 e. The summed E-state index contributed by atoms with van der Waals surface area (Å²) in [7, 11) is 0. The number of anilines is 2. The van der Waals surface area contributed by atoms with Gasteiger partial charge in [0.25, 0.3) is 0 Å². The van der Waals surface area contributed by atoms with Gasteiger partial charge in [-0.25, -0.2) is 4.39 Å². The van der Waals surface area contributed by atoms with Gasteiger partial charge < -0.3 is 9.64 Å². The zero-order valence-corrected chi connectivity index (χ0v) is 16.3. The molecular weight excluding hydrogens is 391 g/mol. The number of ether oxygens (including phenoxy) is 1. The minimum atomic E-state index is -0.649. The quantitative estimate of drug-likeness (QED) is 0.440. The van der Waals surface area contributed by atoms with E-state index in [1.807, 2.05) is 0 Å². The van der Waals surface area contributed by atoms with Crippen LogP contribution >= 0.6 is 0 Å². The lowest BCUT2D eigenvalue weighted by Crippen LogP contribution is -2.29. The molecule has 1 unspecified atom stereocenters. The van der Waals surface area contributed by atoms with Gasteiger partial charge in [-0.2, -0.15) is 0 Å². The van der Waals surface area contributed by atoms with Gasteiger partial charge in [0, 0.05) is 31.5 Å². The molecule has 0 radical (unpaired) electrons. The molecule has 154 valence electrons. The number of nitrogens with zero attached hydrogens (tertiary/aromatic N) is 2. The Morgan fingerprint density at radius 2 is 1.67 bits per heavy atom. The van der Waals surface area contributed by atoms with Gasteiger partial charge in [0.2, 0.25) is 17.7 Å². The molecule has 4 rings (SSSR count). The molecule has 2 saturated heterocycles. The van der Waals surface area contributed by atoms with Gasteiger partial charge in [-0.3, -0.25) is 24.1 Å². The van der Waals surface area contributed by atoms with Crippen LogP contribution in [-0.2, 0) is 19.2 Å². The monoisotopic (exact) mass is 410 g/mol. The van der Waals surface area contributed by atoms with Crippen molar-refractivity contribution >= 4 is 35.1 Å².